The molecular formula is C24H26ClN3. The van der Waals surface area contributed by atoms with Crippen molar-refractivity contribution >= 4 is 11.6 Å². The monoisotopic (exact) mass is 391 g/mol. The van der Waals surface area contributed by atoms with Crippen LogP contribution in [-0.2, 0) is 25.7 Å². The minimum Gasteiger partial charge on any atom is -0.309 e. The third kappa shape index (κ3) is 4.43. The third-order valence-electron chi connectivity index (χ3n) is 5.34. The van der Waals surface area contributed by atoms with Crippen LogP contribution in [0.15, 0.2) is 48.5 Å². The molecule has 4 rings (SSSR count). The second-order valence-corrected chi connectivity index (χ2v) is 8.27. The average Bonchev–Trinajstić information content (AvgIpc) is 3.16. The molecule has 144 valence electrons. The fourth-order valence-corrected chi connectivity index (χ4v) is 3.97. The molecule has 0 unspecified atom stereocenters. The average molecular weight is 392 g/mol. The highest BCUT2D eigenvalue weighted by molar-refractivity contribution is 6.30. The van der Waals surface area contributed by atoms with Gasteiger partial charge in [0.2, 0.25) is 0 Å². The van der Waals surface area contributed by atoms with Crippen molar-refractivity contribution in [1.29, 1.82) is 0 Å². The molecule has 3 nitrogen and oxygen atoms in total. The molecule has 28 heavy (non-hydrogen) atoms. The topological polar surface area (TPSA) is 29.0 Å². The third-order valence-corrected chi connectivity index (χ3v) is 5.58. The Labute approximate surface area is 172 Å². The van der Waals surface area contributed by atoms with E-state index in [2.05, 4.69) is 43.3 Å². The zero-order chi connectivity index (χ0) is 19.5. The van der Waals surface area contributed by atoms with E-state index < -0.39 is 0 Å². The van der Waals surface area contributed by atoms with E-state index in [1.807, 2.05) is 24.3 Å². The molecule has 0 N–H and O–H groups in total. The zero-order valence-electron chi connectivity index (χ0n) is 16.6. The number of hydrogen-bond acceptors (Lipinski definition) is 3. The number of nitrogens with zero attached hydrogens (tertiary/aromatic N) is 3. The molecular weight excluding hydrogens is 366 g/mol. The van der Waals surface area contributed by atoms with Crippen molar-refractivity contribution in [3.63, 3.8) is 0 Å². The molecule has 1 aliphatic carbocycles. The highest BCUT2D eigenvalue weighted by Crippen LogP contribution is 2.28. The Balaban J connectivity index is 1.60. The lowest BCUT2D eigenvalue weighted by Gasteiger charge is -2.12. The molecule has 2 aromatic carbocycles. The summed E-state index contributed by atoms with van der Waals surface area (Å²) >= 11 is 6.18. The van der Waals surface area contributed by atoms with E-state index in [0.29, 0.717) is 0 Å². The van der Waals surface area contributed by atoms with Crippen LogP contribution in [-0.4, -0.2) is 35.5 Å². The Hall–Kier alpha value is -2.23. The number of aromatic nitrogens is 2. The largest absolute Gasteiger partial charge is 0.309 e. The van der Waals surface area contributed by atoms with E-state index in [0.717, 1.165) is 48.6 Å². The summed E-state index contributed by atoms with van der Waals surface area (Å²) in [5.74, 6) is 0.792. The van der Waals surface area contributed by atoms with Crippen LogP contribution in [0.5, 0.6) is 0 Å². The van der Waals surface area contributed by atoms with Crippen LogP contribution in [0.25, 0.3) is 11.4 Å². The zero-order valence-corrected chi connectivity index (χ0v) is 17.3. The SMILES string of the molecule is CN(C)CCc1ccc(Cc2nc(-c3cccc(Cl)c3)nc3c2CCC3)cc1. The fraction of sp³-hybridized carbons (Fsp3) is 0.333. The van der Waals surface area contributed by atoms with Gasteiger partial charge in [-0.2, -0.15) is 0 Å². The van der Waals surface area contributed by atoms with Gasteiger partial charge in [-0.3, -0.25) is 0 Å². The first-order valence-corrected chi connectivity index (χ1v) is 10.3. The van der Waals surface area contributed by atoms with Crippen molar-refractivity contribution in [2.75, 3.05) is 20.6 Å². The van der Waals surface area contributed by atoms with Gasteiger partial charge in [-0.25, -0.2) is 9.97 Å². The number of likely N-dealkylation sites (N-methyl/N-ethyl adjacent to an activating group) is 1. The van der Waals surface area contributed by atoms with Crippen molar-refractivity contribution in [2.45, 2.75) is 32.1 Å². The van der Waals surface area contributed by atoms with Crippen LogP contribution < -0.4 is 0 Å². The molecule has 4 heteroatoms. The molecule has 1 heterocycles. The minimum atomic E-state index is 0.719. The van der Waals surface area contributed by atoms with Gasteiger partial charge >= 0.3 is 0 Å². The standard InChI is InChI=1S/C24H26ClN3/c1-28(2)14-13-17-9-11-18(12-10-17)15-23-21-7-4-8-22(21)26-24(27-23)19-5-3-6-20(25)16-19/h3,5-6,9-12,16H,4,7-8,13-15H2,1-2H3. The first-order valence-electron chi connectivity index (χ1n) is 9.95. The normalized spacial score (nSPS) is 13.1. The molecule has 3 aromatic rings. The highest BCUT2D eigenvalue weighted by Gasteiger charge is 2.20. The number of hydrogen-bond donors (Lipinski definition) is 0. The van der Waals surface area contributed by atoms with Crippen LogP contribution in [0.3, 0.4) is 0 Å². The van der Waals surface area contributed by atoms with Gasteiger partial charge in [-0.1, -0.05) is 48.0 Å². The number of rotatable bonds is 6. The first-order chi connectivity index (χ1) is 13.6. The lowest BCUT2D eigenvalue weighted by atomic mass is 10.0. The van der Waals surface area contributed by atoms with Gasteiger partial charge in [-0.05, 0) is 68.6 Å². The minimum absolute atomic E-state index is 0.719. The Morgan fingerprint density at radius 3 is 2.50 bits per heavy atom. The van der Waals surface area contributed by atoms with E-state index >= 15 is 0 Å². The fourth-order valence-electron chi connectivity index (χ4n) is 3.78. The molecule has 0 radical (unpaired) electrons. The molecule has 0 amide bonds. The van der Waals surface area contributed by atoms with Crippen molar-refractivity contribution in [1.82, 2.24) is 14.9 Å². The highest BCUT2D eigenvalue weighted by atomic mass is 35.5. The van der Waals surface area contributed by atoms with Gasteiger partial charge in [0.05, 0.1) is 5.69 Å². The molecule has 1 aliphatic rings. The molecule has 0 aliphatic heterocycles. The summed E-state index contributed by atoms with van der Waals surface area (Å²) in [7, 11) is 4.23. The second kappa shape index (κ2) is 8.42. The molecule has 0 bridgehead atoms. The summed E-state index contributed by atoms with van der Waals surface area (Å²) in [5, 5.41) is 0.719. The smallest absolute Gasteiger partial charge is 0.159 e. The number of aryl methyl sites for hydroxylation is 1. The van der Waals surface area contributed by atoms with Crippen LogP contribution in [0, 0.1) is 0 Å². The van der Waals surface area contributed by atoms with Gasteiger partial charge in [0.25, 0.3) is 0 Å². The maximum absolute atomic E-state index is 6.18. The van der Waals surface area contributed by atoms with Crippen molar-refractivity contribution < 1.29 is 0 Å². The maximum Gasteiger partial charge on any atom is 0.159 e. The summed E-state index contributed by atoms with van der Waals surface area (Å²) in [6.07, 6.45) is 5.23. The Morgan fingerprint density at radius 2 is 1.75 bits per heavy atom. The van der Waals surface area contributed by atoms with Gasteiger partial charge in [0.1, 0.15) is 0 Å². The van der Waals surface area contributed by atoms with Crippen molar-refractivity contribution in [3.05, 3.63) is 81.6 Å². The quantitative estimate of drug-likeness (QED) is 0.593. The summed E-state index contributed by atoms with van der Waals surface area (Å²) in [6.45, 7) is 1.07. The lowest BCUT2D eigenvalue weighted by Crippen LogP contribution is -2.15. The first kappa shape index (κ1) is 19.1. The van der Waals surface area contributed by atoms with E-state index in [-0.39, 0.29) is 0 Å². The van der Waals surface area contributed by atoms with Crippen LogP contribution >= 0.6 is 11.6 Å². The summed E-state index contributed by atoms with van der Waals surface area (Å²) in [5.41, 5.74) is 7.40. The predicted molar refractivity (Wildman–Crippen MR) is 116 cm³/mol. The number of halogens is 1. The number of benzene rings is 2. The van der Waals surface area contributed by atoms with E-state index in [9.17, 15) is 0 Å². The lowest BCUT2D eigenvalue weighted by molar-refractivity contribution is 0.413. The molecule has 0 spiro atoms. The van der Waals surface area contributed by atoms with E-state index in [1.54, 1.807) is 0 Å². The molecule has 0 fully saturated rings. The molecule has 0 saturated heterocycles. The number of fused-ring (bicyclic) bond motifs is 1. The Kier molecular flexibility index (Phi) is 5.74. The van der Waals surface area contributed by atoms with Gasteiger partial charge in [-0.15, -0.1) is 0 Å². The van der Waals surface area contributed by atoms with E-state index in [4.69, 9.17) is 21.6 Å². The van der Waals surface area contributed by atoms with Crippen molar-refractivity contribution in [2.24, 2.45) is 0 Å². The van der Waals surface area contributed by atoms with Crippen molar-refractivity contribution in [3.8, 4) is 11.4 Å². The van der Waals surface area contributed by atoms with E-state index in [1.165, 1.54) is 34.5 Å². The molecule has 0 atom stereocenters. The maximum atomic E-state index is 6.18. The van der Waals surface area contributed by atoms with Gasteiger partial charge < -0.3 is 4.90 Å². The Morgan fingerprint density at radius 1 is 0.964 bits per heavy atom. The van der Waals surface area contributed by atoms with Crippen LogP contribution in [0.4, 0.5) is 0 Å². The van der Waals surface area contributed by atoms with Crippen LogP contribution in [0.2, 0.25) is 5.02 Å². The van der Waals surface area contributed by atoms with Crippen LogP contribution in [0.1, 0.15) is 34.5 Å². The predicted octanol–water partition coefficient (Wildman–Crippen LogP) is 4.98. The summed E-state index contributed by atoms with van der Waals surface area (Å²) in [6, 6.07) is 16.8. The second-order valence-electron chi connectivity index (χ2n) is 7.83. The summed E-state index contributed by atoms with van der Waals surface area (Å²) < 4.78 is 0. The molecule has 1 aromatic heterocycles. The summed E-state index contributed by atoms with van der Waals surface area (Å²) in [4.78, 5) is 12.0. The van der Waals surface area contributed by atoms with Gasteiger partial charge in [0.15, 0.2) is 5.82 Å². The molecule has 0 saturated carbocycles. The Bertz CT molecular complexity index is 964. The van der Waals surface area contributed by atoms with Gasteiger partial charge in [0, 0.05) is 29.2 Å².